The van der Waals surface area contributed by atoms with Crippen molar-refractivity contribution in [1.29, 1.82) is 0 Å². The molecule has 0 aromatic heterocycles. The molecule has 0 rings (SSSR count). The van der Waals surface area contributed by atoms with Crippen LogP contribution >= 0.6 is 0 Å². The van der Waals surface area contributed by atoms with E-state index in [1.165, 1.54) is 40.7 Å². The van der Waals surface area contributed by atoms with Gasteiger partial charge in [0.2, 0.25) is 0 Å². The topological polar surface area (TPSA) is 20.2 Å². The fourth-order valence-electron chi connectivity index (χ4n) is 3.41. The zero-order valence-corrected chi connectivity index (χ0v) is 21.7. The average molecular weight is 427 g/mol. The third-order valence-corrected chi connectivity index (χ3v) is 5.85. The highest BCUT2D eigenvalue weighted by Gasteiger charge is 2.05. The van der Waals surface area contributed by atoms with Crippen molar-refractivity contribution < 1.29 is 5.11 Å². The maximum Gasteiger partial charge on any atom is 0.0499 e. The first-order valence-corrected chi connectivity index (χ1v) is 12.2. The van der Waals surface area contributed by atoms with Crippen LogP contribution < -0.4 is 0 Å². The smallest absolute Gasteiger partial charge is 0.0499 e. The molecule has 0 aliphatic heterocycles. The van der Waals surface area contributed by atoms with Crippen LogP contribution in [-0.2, 0) is 0 Å². The lowest BCUT2D eigenvalue weighted by Gasteiger charge is -2.11. The highest BCUT2D eigenvalue weighted by Crippen LogP contribution is 2.17. The van der Waals surface area contributed by atoms with Crippen molar-refractivity contribution >= 4 is 0 Å². The summed E-state index contributed by atoms with van der Waals surface area (Å²) < 4.78 is 0. The van der Waals surface area contributed by atoms with E-state index >= 15 is 0 Å². The van der Waals surface area contributed by atoms with Crippen molar-refractivity contribution in [1.82, 2.24) is 0 Å². The molecule has 1 unspecified atom stereocenters. The van der Waals surface area contributed by atoms with Gasteiger partial charge in [0.25, 0.3) is 0 Å². The first kappa shape index (κ1) is 29.4. The van der Waals surface area contributed by atoms with Crippen LogP contribution in [0.3, 0.4) is 0 Å². The number of aliphatic hydroxyl groups excluding tert-OH is 1. The summed E-state index contributed by atoms with van der Waals surface area (Å²) >= 11 is 0. The standard InChI is InChI=1S/C30H50O/c1-24(2)13-9-14-26(5)15-10-16-27(6)17-11-18-28(7)19-12-20-29(8)21-22-30(23-31)25(3)4/h13,15,17,19,21,30-31H,3,9-12,14,16,18,20,22-23H2,1-2,4-8H3/b26-15+,27-17-,28-19-,29-21+. The summed E-state index contributed by atoms with van der Waals surface area (Å²) in [4.78, 5) is 0. The largest absolute Gasteiger partial charge is 0.396 e. The molecule has 1 atom stereocenters. The molecule has 176 valence electrons. The Morgan fingerprint density at radius 1 is 0.613 bits per heavy atom. The molecule has 1 heteroatoms. The van der Waals surface area contributed by atoms with Gasteiger partial charge in [-0.05, 0) is 106 Å². The predicted octanol–water partition coefficient (Wildman–Crippen LogP) is 9.43. The summed E-state index contributed by atoms with van der Waals surface area (Å²) in [7, 11) is 0. The van der Waals surface area contributed by atoms with E-state index in [4.69, 9.17) is 0 Å². The lowest BCUT2D eigenvalue weighted by atomic mass is 9.97. The Hall–Kier alpha value is -1.60. The van der Waals surface area contributed by atoms with E-state index in [1.807, 2.05) is 6.92 Å². The van der Waals surface area contributed by atoms with Gasteiger partial charge >= 0.3 is 0 Å². The Balaban J connectivity index is 4.17. The zero-order valence-electron chi connectivity index (χ0n) is 21.7. The zero-order chi connectivity index (χ0) is 23.6. The molecular formula is C30H50O. The van der Waals surface area contributed by atoms with E-state index < -0.39 is 0 Å². The van der Waals surface area contributed by atoms with E-state index in [9.17, 15) is 5.11 Å². The Morgan fingerprint density at radius 3 is 1.29 bits per heavy atom. The maximum atomic E-state index is 9.39. The van der Waals surface area contributed by atoms with Crippen molar-refractivity contribution in [3.63, 3.8) is 0 Å². The summed E-state index contributed by atoms with van der Waals surface area (Å²) in [5, 5.41) is 9.39. The number of allylic oxidation sites excluding steroid dienone is 10. The summed E-state index contributed by atoms with van der Waals surface area (Å²) in [6.45, 7) is 19.5. The molecule has 0 saturated carbocycles. The third-order valence-electron chi connectivity index (χ3n) is 5.85. The van der Waals surface area contributed by atoms with E-state index in [0.29, 0.717) is 0 Å². The minimum atomic E-state index is 0.192. The molecule has 0 aromatic carbocycles. The minimum Gasteiger partial charge on any atom is -0.396 e. The van der Waals surface area contributed by atoms with Crippen LogP contribution in [0.1, 0.15) is 106 Å². The fourth-order valence-corrected chi connectivity index (χ4v) is 3.41. The molecule has 0 fully saturated rings. The van der Waals surface area contributed by atoms with Crippen LogP contribution in [0.25, 0.3) is 0 Å². The first-order valence-electron chi connectivity index (χ1n) is 12.2. The molecule has 0 aliphatic rings. The van der Waals surface area contributed by atoms with Crippen LogP contribution in [0, 0.1) is 5.92 Å². The van der Waals surface area contributed by atoms with Crippen molar-refractivity contribution in [2.45, 2.75) is 106 Å². The highest BCUT2D eigenvalue weighted by molar-refractivity contribution is 5.09. The Bertz CT molecular complexity index is 663. The SMILES string of the molecule is C=C(C)C(CO)C/C=C(\C)CC/C=C(/C)CC/C=C(/C)CC/C=C(\C)CCC=C(C)C. The first-order chi connectivity index (χ1) is 14.6. The van der Waals surface area contributed by atoms with Gasteiger partial charge in [-0.15, -0.1) is 0 Å². The van der Waals surface area contributed by atoms with E-state index in [1.54, 1.807) is 0 Å². The highest BCUT2D eigenvalue weighted by atomic mass is 16.3. The van der Waals surface area contributed by atoms with Gasteiger partial charge in [0, 0.05) is 12.5 Å². The number of hydrogen-bond acceptors (Lipinski definition) is 1. The lowest BCUT2D eigenvalue weighted by Crippen LogP contribution is -2.05. The summed E-state index contributed by atoms with van der Waals surface area (Å²) in [6, 6.07) is 0. The summed E-state index contributed by atoms with van der Waals surface area (Å²) in [6.07, 6.45) is 21.9. The van der Waals surface area contributed by atoms with Crippen LogP contribution in [-0.4, -0.2) is 11.7 Å². The third kappa shape index (κ3) is 17.7. The molecule has 0 spiro atoms. The van der Waals surface area contributed by atoms with Gasteiger partial charge in [0.05, 0.1) is 0 Å². The van der Waals surface area contributed by atoms with Gasteiger partial charge in [-0.2, -0.15) is 0 Å². The van der Waals surface area contributed by atoms with Gasteiger partial charge in [0.15, 0.2) is 0 Å². The molecule has 0 saturated heterocycles. The average Bonchev–Trinajstić information content (AvgIpc) is 2.67. The fraction of sp³-hybridized carbons (Fsp3) is 0.600. The van der Waals surface area contributed by atoms with Crippen LogP contribution in [0.5, 0.6) is 0 Å². The normalized spacial score (nSPS) is 14.6. The molecule has 0 aromatic rings. The lowest BCUT2D eigenvalue weighted by molar-refractivity contribution is 0.247. The summed E-state index contributed by atoms with van der Waals surface area (Å²) in [5.74, 6) is 0.198. The predicted molar refractivity (Wildman–Crippen MR) is 141 cm³/mol. The quantitative estimate of drug-likeness (QED) is 0.244. The second kappa shape index (κ2) is 18.0. The van der Waals surface area contributed by atoms with E-state index in [2.05, 4.69) is 78.5 Å². The van der Waals surface area contributed by atoms with Crippen molar-refractivity contribution in [3.05, 3.63) is 70.4 Å². The monoisotopic (exact) mass is 426 g/mol. The second-order valence-corrected chi connectivity index (χ2v) is 9.60. The molecule has 0 heterocycles. The van der Waals surface area contributed by atoms with Gasteiger partial charge in [0.1, 0.15) is 0 Å². The van der Waals surface area contributed by atoms with Crippen LogP contribution in [0.4, 0.5) is 0 Å². The molecule has 0 aliphatic carbocycles. The summed E-state index contributed by atoms with van der Waals surface area (Å²) in [5.41, 5.74) is 8.40. The molecule has 1 N–H and O–H groups in total. The van der Waals surface area contributed by atoms with E-state index in [-0.39, 0.29) is 12.5 Å². The van der Waals surface area contributed by atoms with Gasteiger partial charge < -0.3 is 5.11 Å². The number of aliphatic hydroxyl groups is 1. The van der Waals surface area contributed by atoms with Crippen molar-refractivity contribution in [3.8, 4) is 0 Å². The minimum absolute atomic E-state index is 0.192. The Kier molecular flexibility index (Phi) is 17.1. The van der Waals surface area contributed by atoms with Crippen LogP contribution in [0.15, 0.2) is 70.4 Å². The number of rotatable bonds is 16. The number of hydrogen-bond donors (Lipinski definition) is 1. The Labute approximate surface area is 194 Å². The maximum absolute atomic E-state index is 9.39. The molecule has 0 amide bonds. The van der Waals surface area contributed by atoms with Gasteiger partial charge in [-0.3, -0.25) is 0 Å². The molecule has 31 heavy (non-hydrogen) atoms. The molecule has 0 bridgehead atoms. The van der Waals surface area contributed by atoms with Crippen molar-refractivity contribution in [2.75, 3.05) is 6.61 Å². The van der Waals surface area contributed by atoms with Gasteiger partial charge in [-0.25, -0.2) is 0 Å². The Morgan fingerprint density at radius 2 is 0.968 bits per heavy atom. The molecule has 1 nitrogen and oxygen atoms in total. The molecule has 0 radical (unpaired) electrons. The van der Waals surface area contributed by atoms with Crippen LogP contribution in [0.2, 0.25) is 0 Å². The second-order valence-electron chi connectivity index (χ2n) is 9.60. The van der Waals surface area contributed by atoms with Crippen molar-refractivity contribution in [2.24, 2.45) is 5.92 Å². The van der Waals surface area contributed by atoms with E-state index in [0.717, 1.165) is 50.5 Å². The van der Waals surface area contributed by atoms with Gasteiger partial charge in [-0.1, -0.05) is 70.4 Å². The molecular weight excluding hydrogens is 376 g/mol.